The number of ether oxygens (including phenoxy) is 1. The SMILES string of the molecule is C[C@@]1(Cc2cccc(Cl)c2)CCc2ccc(-c3cccc(C(=O)O)c3)cc2O1. The first kappa shape index (κ1) is 18.6. The van der Waals surface area contributed by atoms with E-state index in [1.807, 2.05) is 36.4 Å². The van der Waals surface area contributed by atoms with Crippen molar-refractivity contribution in [3.63, 3.8) is 0 Å². The Balaban J connectivity index is 1.62. The van der Waals surface area contributed by atoms with Crippen molar-refractivity contribution in [1.29, 1.82) is 0 Å². The first-order chi connectivity index (χ1) is 13.4. The molecular weight excluding hydrogens is 372 g/mol. The van der Waals surface area contributed by atoms with Crippen LogP contribution in [0.4, 0.5) is 0 Å². The quantitative estimate of drug-likeness (QED) is 0.589. The van der Waals surface area contributed by atoms with Gasteiger partial charge in [-0.25, -0.2) is 4.79 Å². The molecule has 0 amide bonds. The predicted octanol–water partition coefficient (Wildman–Crippen LogP) is 6.03. The lowest BCUT2D eigenvalue weighted by atomic mass is 9.86. The third-order valence-corrected chi connectivity index (χ3v) is 5.49. The van der Waals surface area contributed by atoms with Crippen LogP contribution < -0.4 is 4.74 Å². The Morgan fingerprint density at radius 2 is 1.86 bits per heavy atom. The van der Waals surface area contributed by atoms with E-state index in [1.54, 1.807) is 18.2 Å². The number of aromatic carboxylic acids is 1. The minimum Gasteiger partial charge on any atom is -0.487 e. The molecule has 0 spiro atoms. The molecule has 3 nitrogen and oxygen atoms in total. The Labute approximate surface area is 169 Å². The summed E-state index contributed by atoms with van der Waals surface area (Å²) in [5, 5.41) is 9.98. The highest BCUT2D eigenvalue weighted by molar-refractivity contribution is 6.30. The van der Waals surface area contributed by atoms with Crippen molar-refractivity contribution < 1.29 is 14.6 Å². The van der Waals surface area contributed by atoms with Crippen LogP contribution in [0.15, 0.2) is 66.7 Å². The fourth-order valence-corrected chi connectivity index (χ4v) is 4.00. The molecule has 0 unspecified atom stereocenters. The zero-order chi connectivity index (χ0) is 19.7. The van der Waals surface area contributed by atoms with E-state index in [0.29, 0.717) is 0 Å². The van der Waals surface area contributed by atoms with Crippen LogP contribution in [0.25, 0.3) is 11.1 Å². The third kappa shape index (κ3) is 3.90. The van der Waals surface area contributed by atoms with Crippen molar-refractivity contribution in [3.05, 3.63) is 88.4 Å². The van der Waals surface area contributed by atoms with Gasteiger partial charge in [0.25, 0.3) is 0 Å². The minimum atomic E-state index is -0.926. The second-order valence-corrected chi connectivity index (χ2v) is 8.00. The summed E-state index contributed by atoms with van der Waals surface area (Å²) in [4.78, 5) is 11.3. The van der Waals surface area contributed by atoms with Gasteiger partial charge in [0.2, 0.25) is 0 Å². The molecule has 0 saturated carbocycles. The summed E-state index contributed by atoms with van der Waals surface area (Å²) in [6.07, 6.45) is 2.66. The first-order valence-corrected chi connectivity index (χ1v) is 9.70. The normalized spacial score (nSPS) is 18.2. The van der Waals surface area contributed by atoms with E-state index >= 15 is 0 Å². The van der Waals surface area contributed by atoms with Gasteiger partial charge in [0.1, 0.15) is 11.4 Å². The number of fused-ring (bicyclic) bond motifs is 1. The molecule has 4 heteroatoms. The van der Waals surface area contributed by atoms with Crippen LogP contribution in [0.5, 0.6) is 5.75 Å². The Kier molecular flexibility index (Phi) is 4.86. The molecule has 1 heterocycles. The second kappa shape index (κ2) is 7.33. The number of halogens is 1. The van der Waals surface area contributed by atoms with E-state index in [2.05, 4.69) is 19.1 Å². The van der Waals surface area contributed by atoms with Crippen LogP contribution in [0.2, 0.25) is 5.02 Å². The monoisotopic (exact) mass is 392 g/mol. The number of rotatable bonds is 4. The molecule has 3 aromatic carbocycles. The summed E-state index contributed by atoms with van der Waals surface area (Å²) < 4.78 is 6.44. The summed E-state index contributed by atoms with van der Waals surface area (Å²) in [5.74, 6) is -0.0563. The summed E-state index contributed by atoms with van der Waals surface area (Å²) >= 11 is 6.13. The van der Waals surface area contributed by atoms with Gasteiger partial charge in [-0.05, 0) is 72.4 Å². The van der Waals surface area contributed by atoms with Crippen LogP contribution in [0, 0.1) is 0 Å². The molecule has 1 N–H and O–H groups in total. The molecule has 3 aromatic rings. The molecule has 0 bridgehead atoms. The van der Waals surface area contributed by atoms with Gasteiger partial charge in [0.15, 0.2) is 0 Å². The van der Waals surface area contributed by atoms with Crippen molar-refractivity contribution in [1.82, 2.24) is 0 Å². The Bertz CT molecular complexity index is 1040. The van der Waals surface area contributed by atoms with Crippen molar-refractivity contribution in [3.8, 4) is 16.9 Å². The lowest BCUT2D eigenvalue weighted by Gasteiger charge is -2.36. The molecule has 0 fully saturated rings. The van der Waals surface area contributed by atoms with Gasteiger partial charge in [-0.3, -0.25) is 0 Å². The zero-order valence-corrected chi connectivity index (χ0v) is 16.4. The summed E-state index contributed by atoms with van der Waals surface area (Å²) in [7, 11) is 0. The lowest BCUT2D eigenvalue weighted by Crippen LogP contribution is -2.38. The molecule has 0 saturated heterocycles. The van der Waals surface area contributed by atoms with Crippen molar-refractivity contribution in [2.75, 3.05) is 0 Å². The molecule has 142 valence electrons. The maximum absolute atomic E-state index is 11.3. The highest BCUT2D eigenvalue weighted by Crippen LogP contribution is 2.38. The van der Waals surface area contributed by atoms with E-state index in [0.717, 1.165) is 46.7 Å². The van der Waals surface area contributed by atoms with Gasteiger partial charge in [-0.2, -0.15) is 0 Å². The van der Waals surface area contributed by atoms with Crippen LogP contribution in [-0.2, 0) is 12.8 Å². The summed E-state index contributed by atoms with van der Waals surface area (Å²) in [6, 6.07) is 21.0. The standard InChI is InChI=1S/C24H21ClO3/c1-24(15-16-4-2-7-21(25)12-16)11-10-17-8-9-19(14-22(17)28-24)18-5-3-6-20(13-18)23(26)27/h2-9,12-14H,10-11,15H2,1H3,(H,26,27)/t24-/m0/s1. The fraction of sp³-hybridized carbons (Fsp3) is 0.208. The van der Waals surface area contributed by atoms with Crippen molar-refractivity contribution in [2.24, 2.45) is 0 Å². The number of carboxylic acid groups (broad SMARTS) is 1. The zero-order valence-electron chi connectivity index (χ0n) is 15.6. The Morgan fingerprint density at radius 1 is 1.07 bits per heavy atom. The van der Waals surface area contributed by atoms with E-state index < -0.39 is 5.97 Å². The van der Waals surface area contributed by atoms with Gasteiger partial charge in [-0.1, -0.05) is 48.0 Å². The van der Waals surface area contributed by atoms with Gasteiger partial charge < -0.3 is 9.84 Å². The number of benzene rings is 3. The fourth-order valence-electron chi connectivity index (χ4n) is 3.79. The maximum atomic E-state index is 11.3. The van der Waals surface area contributed by atoms with Gasteiger partial charge in [-0.15, -0.1) is 0 Å². The van der Waals surface area contributed by atoms with E-state index in [1.165, 1.54) is 5.56 Å². The molecule has 4 rings (SSSR count). The number of carboxylic acids is 1. The number of carbonyl (C=O) groups is 1. The molecular formula is C24H21ClO3. The molecule has 0 radical (unpaired) electrons. The predicted molar refractivity (Wildman–Crippen MR) is 111 cm³/mol. The second-order valence-electron chi connectivity index (χ2n) is 7.57. The van der Waals surface area contributed by atoms with E-state index in [9.17, 15) is 9.90 Å². The highest BCUT2D eigenvalue weighted by Gasteiger charge is 2.32. The first-order valence-electron chi connectivity index (χ1n) is 9.32. The molecule has 1 atom stereocenters. The van der Waals surface area contributed by atoms with Crippen molar-refractivity contribution in [2.45, 2.75) is 31.8 Å². The van der Waals surface area contributed by atoms with Crippen LogP contribution in [0.3, 0.4) is 0 Å². The lowest BCUT2D eigenvalue weighted by molar-refractivity contribution is 0.0654. The summed E-state index contributed by atoms with van der Waals surface area (Å²) in [6.45, 7) is 2.13. The van der Waals surface area contributed by atoms with Gasteiger partial charge in [0, 0.05) is 11.4 Å². The molecule has 1 aliphatic heterocycles. The third-order valence-electron chi connectivity index (χ3n) is 5.26. The minimum absolute atomic E-state index is 0.280. The smallest absolute Gasteiger partial charge is 0.335 e. The molecule has 0 aliphatic carbocycles. The van der Waals surface area contributed by atoms with Gasteiger partial charge >= 0.3 is 5.97 Å². The van der Waals surface area contributed by atoms with E-state index in [4.69, 9.17) is 16.3 Å². The van der Waals surface area contributed by atoms with Crippen LogP contribution >= 0.6 is 11.6 Å². The maximum Gasteiger partial charge on any atom is 0.335 e. The van der Waals surface area contributed by atoms with Crippen LogP contribution in [-0.4, -0.2) is 16.7 Å². The highest BCUT2D eigenvalue weighted by atomic mass is 35.5. The molecule has 28 heavy (non-hydrogen) atoms. The van der Waals surface area contributed by atoms with Crippen molar-refractivity contribution >= 4 is 17.6 Å². The number of hydrogen-bond donors (Lipinski definition) is 1. The Hall–Kier alpha value is -2.78. The van der Waals surface area contributed by atoms with Crippen LogP contribution in [0.1, 0.15) is 34.8 Å². The number of aryl methyl sites for hydroxylation is 1. The number of hydrogen-bond acceptors (Lipinski definition) is 2. The average molecular weight is 393 g/mol. The summed E-state index contributed by atoms with van der Waals surface area (Å²) in [5.41, 5.74) is 4.13. The molecule has 0 aromatic heterocycles. The topological polar surface area (TPSA) is 46.5 Å². The average Bonchev–Trinajstić information content (AvgIpc) is 2.67. The molecule has 1 aliphatic rings. The van der Waals surface area contributed by atoms with Gasteiger partial charge in [0.05, 0.1) is 5.56 Å². The van der Waals surface area contributed by atoms with E-state index in [-0.39, 0.29) is 11.2 Å². The largest absolute Gasteiger partial charge is 0.487 e. The Morgan fingerprint density at radius 3 is 2.64 bits per heavy atom.